The van der Waals surface area contributed by atoms with Crippen molar-refractivity contribution in [3.05, 3.63) is 64.6 Å². The van der Waals surface area contributed by atoms with Gasteiger partial charge in [0.15, 0.2) is 17.9 Å². The van der Waals surface area contributed by atoms with Gasteiger partial charge in [-0.15, -0.1) is 0 Å². The molecule has 3 aromatic rings. The van der Waals surface area contributed by atoms with Crippen LogP contribution in [0.15, 0.2) is 57.7 Å². The molecule has 1 saturated heterocycles. The average molecular weight is 439 g/mol. The van der Waals surface area contributed by atoms with E-state index in [9.17, 15) is 14.4 Å². The molecule has 1 unspecified atom stereocenters. The third kappa shape index (κ3) is 4.38. The third-order valence-corrected chi connectivity index (χ3v) is 5.22. The number of benzene rings is 2. The van der Waals surface area contributed by atoms with Gasteiger partial charge in [-0.2, -0.15) is 0 Å². The SMILES string of the molecule is CC(=O)NC(OCc1ccccc1)[C@@H]1CN(c2ccc3c(c2)oc(=O)n3C(C)C)C(=O)O1. The fraction of sp³-hybridized carbons (Fsp3) is 0.348. The van der Waals surface area contributed by atoms with E-state index < -0.39 is 24.2 Å². The van der Waals surface area contributed by atoms with Gasteiger partial charge in [0, 0.05) is 19.0 Å². The summed E-state index contributed by atoms with van der Waals surface area (Å²) >= 11 is 0. The van der Waals surface area contributed by atoms with Crippen LogP contribution in [-0.2, 0) is 20.9 Å². The first-order valence-corrected chi connectivity index (χ1v) is 10.4. The Morgan fingerprint density at radius 1 is 1.19 bits per heavy atom. The van der Waals surface area contributed by atoms with Gasteiger partial charge in [-0.3, -0.25) is 14.3 Å². The molecule has 2 heterocycles. The molecule has 32 heavy (non-hydrogen) atoms. The van der Waals surface area contributed by atoms with E-state index in [4.69, 9.17) is 13.9 Å². The highest BCUT2D eigenvalue weighted by molar-refractivity contribution is 5.92. The highest BCUT2D eigenvalue weighted by Gasteiger charge is 2.39. The Hall–Kier alpha value is -3.59. The van der Waals surface area contributed by atoms with E-state index in [1.807, 2.05) is 44.2 Å². The summed E-state index contributed by atoms with van der Waals surface area (Å²) in [7, 11) is 0. The van der Waals surface area contributed by atoms with E-state index in [2.05, 4.69) is 5.32 Å². The molecule has 0 spiro atoms. The van der Waals surface area contributed by atoms with E-state index >= 15 is 0 Å². The number of carbonyl (C=O) groups excluding carboxylic acids is 2. The Morgan fingerprint density at radius 2 is 1.94 bits per heavy atom. The summed E-state index contributed by atoms with van der Waals surface area (Å²) in [4.78, 5) is 37.9. The number of rotatable bonds is 7. The van der Waals surface area contributed by atoms with Gasteiger partial charge < -0.3 is 19.2 Å². The fourth-order valence-electron chi connectivity index (χ4n) is 3.74. The first kappa shape index (κ1) is 21.6. The number of anilines is 1. The molecule has 1 fully saturated rings. The lowest BCUT2D eigenvalue weighted by Crippen LogP contribution is -2.46. The van der Waals surface area contributed by atoms with Crippen LogP contribution in [0.5, 0.6) is 0 Å². The zero-order chi connectivity index (χ0) is 22.8. The number of aromatic nitrogens is 1. The largest absolute Gasteiger partial charge is 0.439 e. The van der Waals surface area contributed by atoms with Gasteiger partial charge in [-0.1, -0.05) is 30.3 Å². The van der Waals surface area contributed by atoms with Crippen molar-refractivity contribution in [2.45, 2.75) is 45.8 Å². The summed E-state index contributed by atoms with van der Waals surface area (Å²) in [6.45, 7) is 5.58. The Bertz CT molecular complexity index is 1180. The maximum absolute atomic E-state index is 12.6. The maximum Gasteiger partial charge on any atom is 0.420 e. The Balaban J connectivity index is 1.53. The fourth-order valence-corrected chi connectivity index (χ4v) is 3.74. The summed E-state index contributed by atoms with van der Waals surface area (Å²) in [6.07, 6.45) is -2.10. The summed E-state index contributed by atoms with van der Waals surface area (Å²) in [5, 5.41) is 2.71. The molecule has 168 valence electrons. The van der Waals surface area contributed by atoms with Crippen LogP contribution in [0.2, 0.25) is 0 Å². The summed E-state index contributed by atoms with van der Waals surface area (Å²) in [5.74, 6) is -0.746. The second-order valence-corrected chi connectivity index (χ2v) is 7.93. The predicted molar refractivity (Wildman–Crippen MR) is 117 cm³/mol. The standard InChI is InChI=1S/C23H25N3O6/c1-14(2)26-18-10-9-17(11-19(18)31-23(26)29)25-12-20(32-22(25)28)21(24-15(3)27)30-13-16-7-5-4-6-8-16/h4-11,14,20-21H,12-13H2,1-3H3,(H,24,27)/t20-,21?/m0/s1. The first-order valence-electron chi connectivity index (χ1n) is 10.4. The zero-order valence-electron chi connectivity index (χ0n) is 18.1. The van der Waals surface area contributed by atoms with Crippen molar-refractivity contribution in [3.8, 4) is 0 Å². The molecular formula is C23H25N3O6. The second kappa shape index (κ2) is 8.88. The van der Waals surface area contributed by atoms with Gasteiger partial charge in [-0.25, -0.2) is 9.59 Å². The molecule has 1 aromatic heterocycles. The van der Waals surface area contributed by atoms with Gasteiger partial charge in [0.25, 0.3) is 0 Å². The van der Waals surface area contributed by atoms with Crippen molar-refractivity contribution in [3.63, 3.8) is 0 Å². The van der Waals surface area contributed by atoms with E-state index in [1.165, 1.54) is 11.8 Å². The molecular weight excluding hydrogens is 414 g/mol. The van der Waals surface area contributed by atoms with Crippen molar-refractivity contribution >= 4 is 28.8 Å². The quantitative estimate of drug-likeness (QED) is 0.567. The minimum absolute atomic E-state index is 0.0593. The minimum atomic E-state index is -0.814. The second-order valence-electron chi connectivity index (χ2n) is 7.93. The van der Waals surface area contributed by atoms with E-state index in [-0.39, 0.29) is 25.1 Å². The lowest BCUT2D eigenvalue weighted by Gasteiger charge is -2.23. The molecule has 1 aliphatic heterocycles. The molecule has 4 rings (SSSR count). The molecule has 0 bridgehead atoms. The first-order chi connectivity index (χ1) is 15.3. The lowest BCUT2D eigenvalue weighted by molar-refractivity contribution is -0.127. The van der Waals surface area contributed by atoms with E-state index in [0.717, 1.165) is 5.56 Å². The summed E-state index contributed by atoms with van der Waals surface area (Å²) in [5.41, 5.74) is 2.50. The van der Waals surface area contributed by atoms with Crippen molar-refractivity contribution in [1.29, 1.82) is 0 Å². The average Bonchev–Trinajstić information content (AvgIpc) is 3.30. The van der Waals surface area contributed by atoms with Crippen LogP contribution in [0.4, 0.5) is 10.5 Å². The molecule has 9 nitrogen and oxygen atoms in total. The van der Waals surface area contributed by atoms with Crippen molar-refractivity contribution in [2.75, 3.05) is 11.4 Å². The summed E-state index contributed by atoms with van der Waals surface area (Å²) in [6, 6.07) is 14.6. The van der Waals surface area contributed by atoms with Crippen molar-refractivity contribution in [1.82, 2.24) is 9.88 Å². The molecule has 2 aromatic carbocycles. The van der Waals surface area contributed by atoms with Crippen LogP contribution >= 0.6 is 0 Å². The number of ether oxygens (including phenoxy) is 2. The number of fused-ring (bicyclic) bond motifs is 1. The van der Waals surface area contributed by atoms with Gasteiger partial charge in [0.2, 0.25) is 5.91 Å². The smallest absolute Gasteiger partial charge is 0.420 e. The number of amides is 2. The van der Waals surface area contributed by atoms with Gasteiger partial charge >= 0.3 is 11.8 Å². The summed E-state index contributed by atoms with van der Waals surface area (Å²) < 4.78 is 18.3. The highest BCUT2D eigenvalue weighted by Crippen LogP contribution is 2.28. The van der Waals surface area contributed by atoms with Crippen LogP contribution in [-0.4, -0.2) is 35.4 Å². The van der Waals surface area contributed by atoms with Gasteiger partial charge in [0.05, 0.1) is 24.4 Å². The molecule has 0 radical (unpaired) electrons. The van der Waals surface area contributed by atoms with Crippen LogP contribution in [0.3, 0.4) is 0 Å². The molecule has 9 heteroatoms. The number of cyclic esters (lactones) is 1. The molecule has 0 saturated carbocycles. The Labute approximate surface area is 184 Å². The predicted octanol–water partition coefficient (Wildman–Crippen LogP) is 3.18. The van der Waals surface area contributed by atoms with Gasteiger partial charge in [-0.05, 0) is 31.5 Å². The number of nitrogens with zero attached hydrogens (tertiary/aromatic N) is 2. The number of nitrogens with one attached hydrogen (secondary N) is 1. The van der Waals surface area contributed by atoms with Gasteiger partial charge in [0.1, 0.15) is 0 Å². The topological polar surface area (TPSA) is 103 Å². The molecule has 0 aliphatic carbocycles. The van der Waals surface area contributed by atoms with Crippen LogP contribution in [0.1, 0.15) is 32.4 Å². The zero-order valence-corrected chi connectivity index (χ0v) is 18.1. The van der Waals surface area contributed by atoms with Crippen molar-refractivity contribution < 1.29 is 23.5 Å². The normalized spacial score (nSPS) is 17.1. The molecule has 2 amide bonds. The monoisotopic (exact) mass is 439 g/mol. The van der Waals surface area contributed by atoms with Crippen LogP contribution in [0.25, 0.3) is 11.1 Å². The number of hydrogen-bond acceptors (Lipinski definition) is 6. The highest BCUT2D eigenvalue weighted by atomic mass is 16.6. The molecule has 1 N–H and O–H groups in total. The number of hydrogen-bond donors (Lipinski definition) is 1. The van der Waals surface area contributed by atoms with Crippen LogP contribution < -0.4 is 16.0 Å². The van der Waals surface area contributed by atoms with Crippen LogP contribution in [0, 0.1) is 0 Å². The maximum atomic E-state index is 12.6. The van der Waals surface area contributed by atoms with E-state index in [1.54, 1.807) is 22.8 Å². The molecule has 2 atom stereocenters. The van der Waals surface area contributed by atoms with E-state index in [0.29, 0.717) is 16.8 Å². The Kier molecular flexibility index (Phi) is 6.00. The number of carbonyl (C=O) groups is 2. The third-order valence-electron chi connectivity index (χ3n) is 5.22. The molecule has 1 aliphatic rings. The minimum Gasteiger partial charge on any atom is -0.439 e. The van der Waals surface area contributed by atoms with Crippen molar-refractivity contribution in [2.24, 2.45) is 0 Å². The lowest BCUT2D eigenvalue weighted by atomic mass is 10.2. The number of oxazole rings is 1. The Morgan fingerprint density at radius 3 is 2.62 bits per heavy atom.